The molecule has 0 saturated carbocycles. The first-order valence-electron chi connectivity index (χ1n) is 11.2. The quantitative estimate of drug-likeness (QED) is 0.325. The Balaban J connectivity index is 1.83. The van der Waals surface area contributed by atoms with Gasteiger partial charge in [-0.25, -0.2) is 0 Å². The number of hydrogen-bond donors (Lipinski definition) is 1. The SMILES string of the molecule is CC(C)Nc1ccc(OCCCOCCCCOCCCOCC(=O)C(C)C)cc1. The van der Waals surface area contributed by atoms with Crippen LogP contribution in [0.15, 0.2) is 24.3 Å². The summed E-state index contributed by atoms with van der Waals surface area (Å²) < 4.78 is 22.3. The fraction of sp³-hybridized carbons (Fsp3) is 0.708. The van der Waals surface area contributed by atoms with E-state index in [-0.39, 0.29) is 18.3 Å². The number of benzene rings is 1. The molecule has 0 saturated heterocycles. The highest BCUT2D eigenvalue weighted by Crippen LogP contribution is 2.16. The second-order valence-electron chi connectivity index (χ2n) is 7.98. The highest BCUT2D eigenvalue weighted by Gasteiger charge is 2.06. The molecule has 30 heavy (non-hydrogen) atoms. The van der Waals surface area contributed by atoms with Gasteiger partial charge in [0.05, 0.1) is 6.61 Å². The van der Waals surface area contributed by atoms with Crippen molar-refractivity contribution in [1.82, 2.24) is 0 Å². The summed E-state index contributed by atoms with van der Waals surface area (Å²) in [4.78, 5) is 11.4. The number of rotatable bonds is 19. The standard InChI is InChI=1S/C24H41NO5/c1-20(2)24(26)19-29-17-7-15-27-13-5-6-14-28-16-8-18-30-23-11-9-22(10-12-23)25-21(3)4/h9-12,20-21,25H,5-8,13-19H2,1-4H3. The normalized spacial score (nSPS) is 11.3. The van der Waals surface area contributed by atoms with Crippen molar-refractivity contribution < 1.29 is 23.7 Å². The van der Waals surface area contributed by atoms with E-state index in [0.29, 0.717) is 32.5 Å². The molecular formula is C24H41NO5. The molecule has 1 aromatic rings. The van der Waals surface area contributed by atoms with Crippen LogP contribution in [-0.4, -0.2) is 58.1 Å². The number of ketones is 1. The first-order chi connectivity index (χ1) is 14.5. The molecule has 0 aliphatic heterocycles. The van der Waals surface area contributed by atoms with Gasteiger partial charge in [-0.15, -0.1) is 0 Å². The Morgan fingerprint density at radius 3 is 1.87 bits per heavy atom. The average Bonchev–Trinajstić information content (AvgIpc) is 2.71. The van der Waals surface area contributed by atoms with Crippen molar-refractivity contribution in [2.75, 3.05) is 51.6 Å². The van der Waals surface area contributed by atoms with Crippen molar-refractivity contribution in [1.29, 1.82) is 0 Å². The molecule has 0 spiro atoms. The van der Waals surface area contributed by atoms with Gasteiger partial charge in [-0.3, -0.25) is 4.79 Å². The highest BCUT2D eigenvalue weighted by molar-refractivity contribution is 5.81. The van der Waals surface area contributed by atoms with Crippen molar-refractivity contribution in [3.8, 4) is 5.75 Å². The van der Waals surface area contributed by atoms with E-state index in [1.165, 1.54) is 0 Å². The maximum absolute atomic E-state index is 11.4. The number of hydrogen-bond acceptors (Lipinski definition) is 6. The molecule has 6 heteroatoms. The zero-order valence-corrected chi connectivity index (χ0v) is 19.3. The summed E-state index contributed by atoms with van der Waals surface area (Å²) in [5, 5.41) is 3.36. The minimum absolute atomic E-state index is 0.0422. The Morgan fingerprint density at radius 1 is 0.767 bits per heavy atom. The van der Waals surface area contributed by atoms with E-state index < -0.39 is 0 Å². The fourth-order valence-electron chi connectivity index (χ4n) is 2.55. The third-order valence-corrected chi connectivity index (χ3v) is 4.30. The summed E-state index contributed by atoms with van der Waals surface area (Å²) in [6.45, 7) is 12.3. The van der Waals surface area contributed by atoms with Crippen molar-refractivity contribution in [3.05, 3.63) is 24.3 Å². The summed E-state index contributed by atoms with van der Waals surface area (Å²) in [5.74, 6) is 1.08. The van der Waals surface area contributed by atoms with Gasteiger partial charge in [0, 0.05) is 57.1 Å². The van der Waals surface area contributed by atoms with Crippen molar-refractivity contribution in [2.24, 2.45) is 5.92 Å². The van der Waals surface area contributed by atoms with E-state index in [1.807, 2.05) is 38.1 Å². The monoisotopic (exact) mass is 423 g/mol. The van der Waals surface area contributed by atoms with Gasteiger partial charge in [0.15, 0.2) is 5.78 Å². The molecule has 1 aromatic carbocycles. The Labute approximate surface area is 182 Å². The molecule has 6 nitrogen and oxygen atoms in total. The van der Waals surface area contributed by atoms with Crippen LogP contribution in [0.5, 0.6) is 5.75 Å². The Kier molecular flexibility index (Phi) is 15.0. The van der Waals surface area contributed by atoms with Gasteiger partial charge in [-0.1, -0.05) is 13.8 Å². The fourth-order valence-corrected chi connectivity index (χ4v) is 2.55. The van der Waals surface area contributed by atoms with Gasteiger partial charge in [0.2, 0.25) is 0 Å². The maximum atomic E-state index is 11.4. The van der Waals surface area contributed by atoms with Crippen LogP contribution < -0.4 is 10.1 Å². The minimum Gasteiger partial charge on any atom is -0.494 e. The molecule has 0 aliphatic rings. The smallest absolute Gasteiger partial charge is 0.160 e. The molecule has 0 amide bonds. The lowest BCUT2D eigenvalue weighted by atomic mass is 10.1. The van der Waals surface area contributed by atoms with E-state index in [0.717, 1.165) is 50.3 Å². The van der Waals surface area contributed by atoms with Gasteiger partial charge < -0.3 is 24.3 Å². The van der Waals surface area contributed by atoms with E-state index in [2.05, 4.69) is 19.2 Å². The summed E-state index contributed by atoms with van der Waals surface area (Å²) in [7, 11) is 0. The largest absolute Gasteiger partial charge is 0.494 e. The van der Waals surface area contributed by atoms with Gasteiger partial charge >= 0.3 is 0 Å². The lowest BCUT2D eigenvalue weighted by Gasteiger charge is -2.11. The topological polar surface area (TPSA) is 66.0 Å². The van der Waals surface area contributed by atoms with Crippen LogP contribution in [0.3, 0.4) is 0 Å². The van der Waals surface area contributed by atoms with E-state index in [4.69, 9.17) is 18.9 Å². The number of unbranched alkanes of at least 4 members (excludes halogenated alkanes) is 1. The number of nitrogens with one attached hydrogen (secondary N) is 1. The summed E-state index contributed by atoms with van der Waals surface area (Å²) in [5.41, 5.74) is 1.11. The lowest BCUT2D eigenvalue weighted by molar-refractivity contribution is -0.126. The van der Waals surface area contributed by atoms with Crippen LogP contribution in [0, 0.1) is 5.92 Å². The van der Waals surface area contributed by atoms with Crippen LogP contribution >= 0.6 is 0 Å². The molecule has 0 unspecified atom stereocenters. The number of anilines is 1. The second-order valence-corrected chi connectivity index (χ2v) is 7.98. The minimum atomic E-state index is 0.0422. The van der Waals surface area contributed by atoms with Crippen LogP contribution in [0.2, 0.25) is 0 Å². The summed E-state index contributed by atoms with van der Waals surface area (Å²) in [6, 6.07) is 8.47. The van der Waals surface area contributed by atoms with Gasteiger partial charge in [0.1, 0.15) is 12.4 Å². The first kappa shape index (κ1) is 26.4. The maximum Gasteiger partial charge on any atom is 0.160 e. The molecular weight excluding hydrogens is 382 g/mol. The first-order valence-corrected chi connectivity index (χ1v) is 11.2. The van der Waals surface area contributed by atoms with E-state index >= 15 is 0 Å². The predicted molar refractivity (Wildman–Crippen MR) is 121 cm³/mol. The van der Waals surface area contributed by atoms with Gasteiger partial charge in [-0.05, 0) is 57.4 Å². The highest BCUT2D eigenvalue weighted by atomic mass is 16.5. The molecule has 0 fully saturated rings. The third kappa shape index (κ3) is 14.4. The molecule has 0 radical (unpaired) electrons. The summed E-state index contributed by atoms with van der Waals surface area (Å²) in [6.07, 6.45) is 3.67. The Hall–Kier alpha value is -1.63. The molecule has 172 valence electrons. The number of Topliss-reactive ketones (excluding diaryl/α,β-unsaturated/α-hetero) is 1. The van der Waals surface area contributed by atoms with Gasteiger partial charge in [0.25, 0.3) is 0 Å². The zero-order valence-electron chi connectivity index (χ0n) is 19.3. The van der Waals surface area contributed by atoms with E-state index in [1.54, 1.807) is 0 Å². The van der Waals surface area contributed by atoms with Crippen molar-refractivity contribution in [3.63, 3.8) is 0 Å². The number of carbonyl (C=O) groups excluding carboxylic acids is 1. The lowest BCUT2D eigenvalue weighted by Crippen LogP contribution is -2.15. The van der Waals surface area contributed by atoms with Crippen LogP contribution in [0.1, 0.15) is 53.4 Å². The summed E-state index contributed by atoms with van der Waals surface area (Å²) >= 11 is 0. The van der Waals surface area contributed by atoms with Crippen LogP contribution in [-0.2, 0) is 19.0 Å². The van der Waals surface area contributed by atoms with Crippen LogP contribution in [0.4, 0.5) is 5.69 Å². The Morgan fingerprint density at radius 2 is 1.30 bits per heavy atom. The molecule has 1 rings (SSSR count). The van der Waals surface area contributed by atoms with Crippen LogP contribution in [0.25, 0.3) is 0 Å². The molecule has 1 N–H and O–H groups in total. The Bertz CT molecular complexity index is 545. The molecule has 0 heterocycles. The molecule has 0 atom stereocenters. The van der Waals surface area contributed by atoms with Gasteiger partial charge in [-0.2, -0.15) is 0 Å². The predicted octanol–water partition coefficient (Wildman–Crippen LogP) is 4.72. The van der Waals surface area contributed by atoms with E-state index in [9.17, 15) is 4.79 Å². The molecule has 0 bridgehead atoms. The number of ether oxygens (including phenoxy) is 4. The second kappa shape index (κ2) is 17.1. The molecule has 0 aliphatic carbocycles. The zero-order chi connectivity index (χ0) is 22.0. The third-order valence-electron chi connectivity index (χ3n) is 4.30. The van der Waals surface area contributed by atoms with Crippen molar-refractivity contribution in [2.45, 2.75) is 59.4 Å². The molecule has 0 aromatic heterocycles. The number of carbonyl (C=O) groups is 1. The van der Waals surface area contributed by atoms with Crippen molar-refractivity contribution >= 4 is 11.5 Å². The average molecular weight is 424 g/mol.